The maximum absolute atomic E-state index is 11.8. The van der Waals surface area contributed by atoms with E-state index in [0.29, 0.717) is 0 Å². The van der Waals surface area contributed by atoms with Gasteiger partial charge in [0, 0.05) is 13.6 Å². The van der Waals surface area contributed by atoms with Crippen molar-refractivity contribution in [2.24, 2.45) is 0 Å². The Bertz CT molecular complexity index is 992. The number of hydrogen-bond donors (Lipinski definition) is 2. The number of benzene rings is 4. The van der Waals surface area contributed by atoms with Crippen LogP contribution in [-0.2, 0) is 0 Å². The summed E-state index contributed by atoms with van der Waals surface area (Å²) in [6.07, 6.45) is 0. The fourth-order valence-electron chi connectivity index (χ4n) is 3.82. The van der Waals surface area contributed by atoms with E-state index in [4.69, 9.17) is 0 Å². The summed E-state index contributed by atoms with van der Waals surface area (Å²) in [6, 6.07) is 40.2. The van der Waals surface area contributed by atoms with Gasteiger partial charge in [0.2, 0.25) is 0 Å². The molecule has 4 aromatic rings. The molecule has 0 bridgehead atoms. The van der Waals surface area contributed by atoms with Crippen molar-refractivity contribution < 1.29 is 10.2 Å². The van der Waals surface area contributed by atoms with Gasteiger partial charge in [-0.15, -0.1) is 0 Å². The molecule has 0 saturated heterocycles. The standard InChI is InChI=1S/C27H26O2P2/c1-22(30(23-14-6-2-7-15-23)24-16-8-3-9-17-24)27(28,29)31(25-18-10-4-11-19-25)26-20-12-5-13-21-26/h2-22,28-29H,1H3. The summed E-state index contributed by atoms with van der Waals surface area (Å²) in [5.41, 5.74) is -2.28. The summed E-state index contributed by atoms with van der Waals surface area (Å²) in [7, 11) is -2.42. The summed E-state index contributed by atoms with van der Waals surface area (Å²) in [6.45, 7) is 1.98. The average molecular weight is 444 g/mol. The van der Waals surface area contributed by atoms with Crippen LogP contribution in [0.5, 0.6) is 0 Å². The SMILES string of the molecule is CC(P(c1ccccc1)c1ccccc1)C(O)(O)P(c1ccccc1)c1ccccc1. The minimum absolute atomic E-state index is 0.390. The molecule has 1 atom stereocenters. The predicted molar refractivity (Wildman–Crippen MR) is 135 cm³/mol. The van der Waals surface area contributed by atoms with Gasteiger partial charge in [0.05, 0.1) is 0 Å². The Kier molecular flexibility index (Phi) is 6.96. The Morgan fingerprint density at radius 1 is 0.516 bits per heavy atom. The first-order chi connectivity index (χ1) is 15.1. The largest absolute Gasteiger partial charge is 0.361 e. The monoisotopic (exact) mass is 444 g/mol. The van der Waals surface area contributed by atoms with Gasteiger partial charge in [-0.2, -0.15) is 0 Å². The van der Waals surface area contributed by atoms with E-state index in [1.807, 2.05) is 104 Å². The minimum Gasteiger partial charge on any atom is -0.361 e. The minimum atomic E-state index is -1.89. The van der Waals surface area contributed by atoms with E-state index in [1.165, 1.54) is 0 Å². The van der Waals surface area contributed by atoms with Gasteiger partial charge in [-0.25, -0.2) is 0 Å². The van der Waals surface area contributed by atoms with E-state index in [1.54, 1.807) is 0 Å². The van der Waals surface area contributed by atoms with Crippen LogP contribution in [0.3, 0.4) is 0 Å². The van der Waals surface area contributed by atoms with Crippen LogP contribution in [0, 0.1) is 0 Å². The second-order valence-corrected chi connectivity index (χ2v) is 12.3. The summed E-state index contributed by atoms with van der Waals surface area (Å²) in [4.78, 5) is 0. The van der Waals surface area contributed by atoms with Crippen LogP contribution in [0.1, 0.15) is 6.92 Å². The van der Waals surface area contributed by atoms with Gasteiger partial charge >= 0.3 is 0 Å². The molecule has 0 amide bonds. The fraction of sp³-hybridized carbons (Fsp3) is 0.111. The summed E-state index contributed by atoms with van der Waals surface area (Å²) in [5.74, 6) is 0. The van der Waals surface area contributed by atoms with Crippen molar-refractivity contribution >= 4 is 37.1 Å². The Balaban J connectivity index is 1.83. The molecular weight excluding hydrogens is 418 g/mol. The van der Waals surface area contributed by atoms with Crippen molar-refractivity contribution in [3.8, 4) is 0 Å². The maximum atomic E-state index is 11.8. The van der Waals surface area contributed by atoms with Gasteiger partial charge in [0.25, 0.3) is 0 Å². The van der Waals surface area contributed by atoms with E-state index in [2.05, 4.69) is 24.3 Å². The molecule has 0 radical (unpaired) electrons. The Hall–Kier alpha value is -2.34. The number of hydrogen-bond acceptors (Lipinski definition) is 2. The molecule has 0 saturated carbocycles. The smallest absolute Gasteiger partial charge is 0.197 e. The summed E-state index contributed by atoms with van der Waals surface area (Å²) >= 11 is 0. The summed E-state index contributed by atoms with van der Waals surface area (Å²) < 4.78 is 0. The van der Waals surface area contributed by atoms with E-state index in [9.17, 15) is 10.2 Å². The molecule has 0 fully saturated rings. The number of rotatable bonds is 7. The molecule has 2 nitrogen and oxygen atoms in total. The van der Waals surface area contributed by atoms with Crippen LogP contribution in [-0.4, -0.2) is 21.4 Å². The van der Waals surface area contributed by atoms with E-state index in [-0.39, 0.29) is 5.66 Å². The summed E-state index contributed by atoms with van der Waals surface area (Å²) in [5, 5.41) is 27.9. The molecule has 0 aliphatic carbocycles. The average Bonchev–Trinajstić information content (AvgIpc) is 2.82. The van der Waals surface area contributed by atoms with Crippen molar-refractivity contribution in [2.75, 3.05) is 0 Å². The number of aliphatic hydroxyl groups is 2. The zero-order valence-corrected chi connectivity index (χ0v) is 19.2. The maximum Gasteiger partial charge on any atom is 0.197 e. The molecule has 0 heterocycles. The van der Waals surface area contributed by atoms with Crippen LogP contribution >= 0.6 is 15.8 Å². The van der Waals surface area contributed by atoms with Crippen LogP contribution < -0.4 is 21.2 Å². The molecule has 31 heavy (non-hydrogen) atoms. The lowest BCUT2D eigenvalue weighted by molar-refractivity contribution is -0.0781. The van der Waals surface area contributed by atoms with Crippen LogP contribution in [0.25, 0.3) is 0 Å². The molecule has 0 spiro atoms. The van der Waals surface area contributed by atoms with Gasteiger partial charge in [-0.1, -0.05) is 128 Å². The van der Waals surface area contributed by atoms with Crippen molar-refractivity contribution in [1.82, 2.24) is 0 Å². The zero-order valence-electron chi connectivity index (χ0n) is 17.4. The third kappa shape index (κ3) is 4.79. The second kappa shape index (κ2) is 9.86. The lowest BCUT2D eigenvalue weighted by Gasteiger charge is -2.41. The first-order valence-electron chi connectivity index (χ1n) is 10.3. The fourth-order valence-corrected chi connectivity index (χ4v) is 9.41. The molecule has 0 aliphatic rings. The molecule has 0 aliphatic heterocycles. The zero-order chi connectivity index (χ0) is 21.7. The molecule has 1 unspecified atom stereocenters. The molecule has 4 heteroatoms. The van der Waals surface area contributed by atoms with Crippen molar-refractivity contribution in [3.63, 3.8) is 0 Å². The lowest BCUT2D eigenvalue weighted by atomic mass is 10.4. The lowest BCUT2D eigenvalue weighted by Crippen LogP contribution is -2.45. The first kappa shape index (κ1) is 21.9. The van der Waals surface area contributed by atoms with Crippen LogP contribution in [0.4, 0.5) is 0 Å². The molecule has 0 aromatic heterocycles. The highest BCUT2D eigenvalue weighted by atomic mass is 31.1. The highest BCUT2D eigenvalue weighted by Crippen LogP contribution is 2.55. The molecule has 4 rings (SSSR count). The van der Waals surface area contributed by atoms with Gasteiger partial charge in [-0.3, -0.25) is 0 Å². The van der Waals surface area contributed by atoms with Crippen LogP contribution in [0.15, 0.2) is 121 Å². The van der Waals surface area contributed by atoms with Crippen LogP contribution in [0.2, 0.25) is 0 Å². The highest BCUT2D eigenvalue weighted by molar-refractivity contribution is 7.77. The molecule has 4 aromatic carbocycles. The van der Waals surface area contributed by atoms with Crippen molar-refractivity contribution in [3.05, 3.63) is 121 Å². The second-order valence-electron chi connectivity index (χ2n) is 7.41. The first-order valence-corrected chi connectivity index (χ1v) is 13.1. The van der Waals surface area contributed by atoms with Gasteiger partial charge in [0.1, 0.15) is 0 Å². The Morgan fingerprint density at radius 3 is 1.13 bits per heavy atom. The van der Waals surface area contributed by atoms with Gasteiger partial charge in [0.15, 0.2) is 5.53 Å². The van der Waals surface area contributed by atoms with E-state index in [0.717, 1.165) is 21.2 Å². The van der Waals surface area contributed by atoms with E-state index < -0.39 is 21.4 Å². The normalized spacial score (nSPS) is 12.8. The third-order valence-corrected chi connectivity index (χ3v) is 11.1. The highest BCUT2D eigenvalue weighted by Gasteiger charge is 2.45. The third-order valence-electron chi connectivity index (χ3n) is 5.37. The quantitative estimate of drug-likeness (QED) is 0.330. The Labute approximate surface area is 186 Å². The topological polar surface area (TPSA) is 40.5 Å². The predicted octanol–water partition coefficient (Wildman–Crippen LogP) is 4.28. The molecule has 156 valence electrons. The van der Waals surface area contributed by atoms with Gasteiger partial charge < -0.3 is 10.2 Å². The van der Waals surface area contributed by atoms with E-state index >= 15 is 0 Å². The van der Waals surface area contributed by atoms with Gasteiger partial charge in [-0.05, 0) is 29.1 Å². The molecule has 2 N–H and O–H groups in total. The van der Waals surface area contributed by atoms with Crippen molar-refractivity contribution in [2.45, 2.75) is 18.1 Å². The Morgan fingerprint density at radius 2 is 0.806 bits per heavy atom. The van der Waals surface area contributed by atoms with Crippen molar-refractivity contribution in [1.29, 1.82) is 0 Å². The molecular formula is C27H26O2P2.